The number of halogens is 3. The molecule has 194 valence electrons. The second-order valence-electron chi connectivity index (χ2n) is 8.84. The summed E-state index contributed by atoms with van der Waals surface area (Å²) in [6.45, 7) is 5.74. The molecule has 8 nitrogen and oxygen atoms in total. The third kappa shape index (κ3) is 5.45. The van der Waals surface area contributed by atoms with E-state index < -0.39 is 16.7 Å². The van der Waals surface area contributed by atoms with Crippen LogP contribution in [0.1, 0.15) is 19.3 Å². The monoisotopic (exact) mass is 530 g/mol. The number of ether oxygens (including phenoxy) is 3. The Morgan fingerprint density at radius 1 is 1.14 bits per heavy atom. The molecule has 0 aliphatic carbocycles. The highest BCUT2D eigenvalue weighted by atomic mass is 35.5. The molecule has 2 saturated heterocycles. The number of aromatic nitrogens is 2. The summed E-state index contributed by atoms with van der Waals surface area (Å²) < 4.78 is 46.2. The average Bonchev–Trinajstić information content (AvgIpc) is 3.43. The van der Waals surface area contributed by atoms with Gasteiger partial charge in [-0.05, 0) is 24.3 Å². The number of rotatable bonds is 7. The van der Waals surface area contributed by atoms with Crippen molar-refractivity contribution in [1.29, 1.82) is 0 Å². The molecule has 0 bridgehead atoms. The maximum atomic E-state index is 14.6. The molecule has 0 radical (unpaired) electrons. The number of anilines is 2. The van der Waals surface area contributed by atoms with Gasteiger partial charge in [0.25, 0.3) is 0 Å². The average molecular weight is 531 g/mol. The molecule has 3 aromatic rings. The Kier molecular flexibility index (Phi) is 7.38. The van der Waals surface area contributed by atoms with Gasteiger partial charge in [0.05, 0.1) is 24.4 Å². The van der Waals surface area contributed by atoms with Crippen LogP contribution in [-0.2, 0) is 9.53 Å². The standard InChI is InChI=1S/C26H25ClF2N4O4/c1-2-23(34)33-8-5-15(6-9-33)36-21-11-17-20(12-22(21)37-16-7-10-35-13-16)30-14-31-26(17)32-19-4-3-18(28)24(27)25(19)29/h2-4,11-12,14-16H,1,5-10,13H2,(H,30,31,32)/t16-/m1/s1. The third-order valence-corrected chi connectivity index (χ3v) is 6.74. The van der Waals surface area contributed by atoms with Crippen LogP contribution in [0, 0.1) is 11.6 Å². The minimum absolute atomic E-state index is 0.0310. The van der Waals surface area contributed by atoms with Crippen LogP contribution in [0.5, 0.6) is 11.5 Å². The number of nitrogens with zero attached hydrogens (tertiary/aromatic N) is 3. The van der Waals surface area contributed by atoms with Gasteiger partial charge in [-0.3, -0.25) is 4.79 Å². The Bertz CT molecular complexity index is 1330. The van der Waals surface area contributed by atoms with Crippen LogP contribution < -0.4 is 14.8 Å². The van der Waals surface area contributed by atoms with Gasteiger partial charge in [0, 0.05) is 43.8 Å². The number of likely N-dealkylation sites (tertiary alicyclic amines) is 1. The van der Waals surface area contributed by atoms with Gasteiger partial charge in [0.15, 0.2) is 17.3 Å². The molecule has 1 N–H and O–H groups in total. The van der Waals surface area contributed by atoms with E-state index in [-0.39, 0.29) is 23.8 Å². The molecule has 1 aromatic heterocycles. The minimum Gasteiger partial charge on any atom is -0.486 e. The van der Waals surface area contributed by atoms with Crippen LogP contribution in [0.15, 0.2) is 43.2 Å². The van der Waals surface area contributed by atoms with Gasteiger partial charge in [-0.2, -0.15) is 0 Å². The Morgan fingerprint density at radius 2 is 1.89 bits per heavy atom. The second kappa shape index (κ2) is 10.9. The highest BCUT2D eigenvalue weighted by Gasteiger charge is 2.26. The molecule has 0 saturated carbocycles. The van der Waals surface area contributed by atoms with E-state index in [1.165, 1.54) is 18.5 Å². The number of piperidine rings is 1. The van der Waals surface area contributed by atoms with Crippen molar-refractivity contribution in [2.45, 2.75) is 31.5 Å². The zero-order valence-electron chi connectivity index (χ0n) is 19.9. The van der Waals surface area contributed by atoms with Gasteiger partial charge in [-0.1, -0.05) is 18.2 Å². The van der Waals surface area contributed by atoms with Crippen LogP contribution >= 0.6 is 11.6 Å². The Hall–Kier alpha value is -3.50. The summed E-state index contributed by atoms with van der Waals surface area (Å²) in [6.07, 6.45) is 4.40. The first-order valence-corrected chi connectivity index (χ1v) is 12.3. The molecule has 0 unspecified atom stereocenters. The minimum atomic E-state index is -0.924. The van der Waals surface area contributed by atoms with Gasteiger partial charge < -0.3 is 24.4 Å². The largest absolute Gasteiger partial charge is 0.486 e. The van der Waals surface area contributed by atoms with E-state index in [0.717, 1.165) is 12.5 Å². The Morgan fingerprint density at radius 3 is 2.62 bits per heavy atom. The SMILES string of the molecule is C=CC(=O)N1CCC(Oc2cc3c(Nc4ccc(F)c(Cl)c4F)ncnc3cc2O[C@@H]2CCOC2)CC1. The topological polar surface area (TPSA) is 85.8 Å². The molecule has 2 aromatic carbocycles. The second-order valence-corrected chi connectivity index (χ2v) is 9.21. The predicted molar refractivity (Wildman–Crippen MR) is 134 cm³/mol. The smallest absolute Gasteiger partial charge is 0.245 e. The maximum Gasteiger partial charge on any atom is 0.245 e. The van der Waals surface area contributed by atoms with E-state index >= 15 is 0 Å². The Labute approximate surface area is 217 Å². The maximum absolute atomic E-state index is 14.6. The number of carbonyl (C=O) groups is 1. The third-order valence-electron chi connectivity index (χ3n) is 6.39. The van der Waals surface area contributed by atoms with Crippen LogP contribution in [0.3, 0.4) is 0 Å². The molecule has 1 atom stereocenters. The van der Waals surface area contributed by atoms with Crippen molar-refractivity contribution in [3.05, 3.63) is 59.9 Å². The number of hydrogen-bond donors (Lipinski definition) is 1. The summed E-state index contributed by atoms with van der Waals surface area (Å²) in [7, 11) is 0. The number of benzene rings is 2. The summed E-state index contributed by atoms with van der Waals surface area (Å²) in [5.41, 5.74) is 0.510. The molecule has 2 fully saturated rings. The van der Waals surface area contributed by atoms with Crippen LogP contribution in [0.25, 0.3) is 10.9 Å². The van der Waals surface area contributed by atoms with E-state index in [1.54, 1.807) is 17.0 Å². The summed E-state index contributed by atoms with van der Waals surface area (Å²) in [5, 5.41) is 2.82. The fourth-order valence-electron chi connectivity index (χ4n) is 4.39. The summed E-state index contributed by atoms with van der Waals surface area (Å²) in [4.78, 5) is 22.3. The normalized spacial score (nSPS) is 18.1. The van der Waals surface area contributed by atoms with Crippen LogP contribution in [0.2, 0.25) is 5.02 Å². The number of amides is 1. The molecule has 37 heavy (non-hydrogen) atoms. The van der Waals surface area contributed by atoms with E-state index in [4.69, 9.17) is 25.8 Å². The predicted octanol–water partition coefficient (Wildman–Crippen LogP) is 5.03. The number of carbonyl (C=O) groups excluding carboxylic acids is 1. The van der Waals surface area contributed by atoms with E-state index in [0.29, 0.717) is 67.4 Å². The molecule has 2 aliphatic rings. The number of nitrogens with one attached hydrogen (secondary N) is 1. The van der Waals surface area contributed by atoms with E-state index in [1.807, 2.05) is 0 Å². The van der Waals surface area contributed by atoms with Crippen molar-refractivity contribution in [2.75, 3.05) is 31.6 Å². The van der Waals surface area contributed by atoms with Gasteiger partial charge >= 0.3 is 0 Å². The summed E-state index contributed by atoms with van der Waals surface area (Å²) in [6, 6.07) is 5.82. The lowest BCUT2D eigenvalue weighted by atomic mass is 10.1. The van der Waals surface area contributed by atoms with Crippen molar-refractivity contribution in [3.8, 4) is 11.5 Å². The highest BCUT2D eigenvalue weighted by Crippen LogP contribution is 2.38. The van der Waals surface area contributed by atoms with Crippen molar-refractivity contribution in [1.82, 2.24) is 14.9 Å². The molecule has 3 heterocycles. The quantitative estimate of drug-likeness (QED) is 0.339. The summed E-state index contributed by atoms with van der Waals surface area (Å²) in [5.74, 6) is -0.607. The first kappa shape index (κ1) is 25.2. The van der Waals surface area contributed by atoms with Crippen molar-refractivity contribution in [2.24, 2.45) is 0 Å². The van der Waals surface area contributed by atoms with E-state index in [2.05, 4.69) is 21.9 Å². The van der Waals surface area contributed by atoms with Gasteiger partial charge in [-0.25, -0.2) is 18.7 Å². The first-order valence-electron chi connectivity index (χ1n) is 11.9. The molecule has 2 aliphatic heterocycles. The lowest BCUT2D eigenvalue weighted by Gasteiger charge is -2.32. The van der Waals surface area contributed by atoms with Gasteiger partial charge in [0.1, 0.15) is 35.2 Å². The highest BCUT2D eigenvalue weighted by molar-refractivity contribution is 6.31. The van der Waals surface area contributed by atoms with E-state index in [9.17, 15) is 13.6 Å². The molecule has 0 spiro atoms. The first-order chi connectivity index (χ1) is 17.9. The molecule has 11 heteroatoms. The van der Waals surface area contributed by atoms with Crippen LogP contribution in [0.4, 0.5) is 20.3 Å². The Balaban J connectivity index is 1.46. The fraction of sp³-hybridized carbons (Fsp3) is 0.346. The lowest BCUT2D eigenvalue weighted by molar-refractivity contribution is -0.127. The molecular weight excluding hydrogens is 506 g/mol. The molecule has 1 amide bonds. The summed E-state index contributed by atoms with van der Waals surface area (Å²) >= 11 is 5.74. The zero-order chi connectivity index (χ0) is 25.9. The van der Waals surface area contributed by atoms with Crippen molar-refractivity contribution in [3.63, 3.8) is 0 Å². The molecular formula is C26H25ClF2N4O4. The van der Waals surface area contributed by atoms with Gasteiger partial charge in [0.2, 0.25) is 5.91 Å². The van der Waals surface area contributed by atoms with Crippen molar-refractivity contribution < 1.29 is 27.8 Å². The lowest BCUT2D eigenvalue weighted by Crippen LogP contribution is -2.41. The zero-order valence-corrected chi connectivity index (χ0v) is 20.6. The van der Waals surface area contributed by atoms with Crippen LogP contribution in [-0.4, -0.2) is 59.3 Å². The number of fused-ring (bicyclic) bond motifs is 1. The molecule has 5 rings (SSSR count). The van der Waals surface area contributed by atoms with Crippen molar-refractivity contribution >= 4 is 39.9 Å². The fourth-order valence-corrected chi connectivity index (χ4v) is 4.55. The van der Waals surface area contributed by atoms with Gasteiger partial charge in [-0.15, -0.1) is 0 Å². The number of hydrogen-bond acceptors (Lipinski definition) is 7.